The zero-order valence-corrected chi connectivity index (χ0v) is 13.6. The zero-order chi connectivity index (χ0) is 18.2. The topological polar surface area (TPSA) is 93.8 Å². The van der Waals surface area contributed by atoms with Crippen LogP contribution in [0.4, 0.5) is 5.69 Å². The standard InChI is InChI=1S/C18H17N3O4/c1-3-11-25-17-10-5-4-9-16(17)18(22)20-19-13(2)14-7-6-8-15(12-14)21(23)24/h3-10,12H,1,11H2,2H3,(H,20,22). The minimum atomic E-state index is -0.484. The molecule has 0 radical (unpaired) electrons. The fraction of sp³-hybridized carbons (Fsp3) is 0.111. The number of nitro groups is 1. The van der Waals surface area contributed by atoms with Crippen LogP contribution < -0.4 is 10.2 Å². The molecule has 25 heavy (non-hydrogen) atoms. The van der Waals surface area contributed by atoms with Gasteiger partial charge in [-0.2, -0.15) is 5.10 Å². The predicted octanol–water partition coefficient (Wildman–Crippen LogP) is 3.31. The maximum Gasteiger partial charge on any atom is 0.275 e. The SMILES string of the molecule is C=CCOc1ccccc1C(=O)NN=C(C)c1cccc([N+](=O)[O-])c1. The number of para-hydroxylation sites is 1. The van der Waals surface area contributed by atoms with Crippen molar-refractivity contribution < 1.29 is 14.5 Å². The second kappa shape index (κ2) is 8.39. The van der Waals surface area contributed by atoms with E-state index in [-0.39, 0.29) is 12.3 Å². The van der Waals surface area contributed by atoms with Gasteiger partial charge >= 0.3 is 0 Å². The molecule has 2 rings (SSSR count). The van der Waals surface area contributed by atoms with Gasteiger partial charge in [-0.15, -0.1) is 0 Å². The maximum absolute atomic E-state index is 12.3. The van der Waals surface area contributed by atoms with E-state index in [1.807, 2.05) is 0 Å². The van der Waals surface area contributed by atoms with E-state index in [1.54, 1.807) is 49.4 Å². The second-order valence-electron chi connectivity index (χ2n) is 5.04. The molecule has 0 saturated carbocycles. The van der Waals surface area contributed by atoms with E-state index in [4.69, 9.17) is 4.74 Å². The Balaban J connectivity index is 2.16. The Kier molecular flexibility index (Phi) is 6.00. The lowest BCUT2D eigenvalue weighted by Crippen LogP contribution is -2.20. The van der Waals surface area contributed by atoms with Gasteiger partial charge in [0.25, 0.3) is 11.6 Å². The first-order chi connectivity index (χ1) is 12.0. The number of nitrogens with one attached hydrogen (secondary N) is 1. The highest BCUT2D eigenvalue weighted by molar-refractivity contribution is 6.01. The number of hydrogen-bond acceptors (Lipinski definition) is 5. The number of benzene rings is 2. The van der Waals surface area contributed by atoms with Gasteiger partial charge in [-0.1, -0.05) is 36.9 Å². The van der Waals surface area contributed by atoms with Crippen LogP contribution >= 0.6 is 0 Å². The summed E-state index contributed by atoms with van der Waals surface area (Å²) in [7, 11) is 0. The smallest absolute Gasteiger partial charge is 0.275 e. The van der Waals surface area contributed by atoms with Crippen LogP contribution in [0.15, 0.2) is 66.3 Å². The van der Waals surface area contributed by atoms with Gasteiger partial charge < -0.3 is 4.74 Å². The lowest BCUT2D eigenvalue weighted by Gasteiger charge is -2.09. The van der Waals surface area contributed by atoms with Gasteiger partial charge in [0.15, 0.2) is 0 Å². The molecule has 0 aromatic heterocycles. The van der Waals surface area contributed by atoms with E-state index < -0.39 is 10.8 Å². The van der Waals surface area contributed by atoms with Gasteiger partial charge in [-0.05, 0) is 19.1 Å². The Hall–Kier alpha value is -3.48. The molecule has 0 aliphatic rings. The predicted molar refractivity (Wildman–Crippen MR) is 94.9 cm³/mol. The molecule has 0 aliphatic heterocycles. The highest BCUT2D eigenvalue weighted by Gasteiger charge is 2.12. The lowest BCUT2D eigenvalue weighted by molar-refractivity contribution is -0.384. The van der Waals surface area contributed by atoms with E-state index in [9.17, 15) is 14.9 Å². The van der Waals surface area contributed by atoms with Crippen molar-refractivity contribution in [1.82, 2.24) is 5.43 Å². The van der Waals surface area contributed by atoms with Crippen molar-refractivity contribution in [2.45, 2.75) is 6.92 Å². The Morgan fingerprint density at radius 2 is 2.08 bits per heavy atom. The Labute approximate surface area is 144 Å². The summed E-state index contributed by atoms with van der Waals surface area (Å²) in [5.74, 6) is -0.0208. The van der Waals surface area contributed by atoms with Crippen LogP contribution in [-0.2, 0) is 0 Å². The number of rotatable bonds is 7. The molecule has 0 bridgehead atoms. The highest BCUT2D eigenvalue weighted by Crippen LogP contribution is 2.18. The first kappa shape index (κ1) is 17.9. The van der Waals surface area contributed by atoms with Crippen molar-refractivity contribution in [3.63, 3.8) is 0 Å². The summed E-state index contributed by atoms with van der Waals surface area (Å²) in [5.41, 5.74) is 3.72. The van der Waals surface area contributed by atoms with Crippen LogP contribution in [0.3, 0.4) is 0 Å². The summed E-state index contributed by atoms with van der Waals surface area (Å²) in [6.07, 6.45) is 1.58. The molecule has 7 nitrogen and oxygen atoms in total. The number of nitrogens with zero attached hydrogens (tertiary/aromatic N) is 2. The quantitative estimate of drug-likeness (QED) is 0.362. The molecule has 0 heterocycles. The highest BCUT2D eigenvalue weighted by atomic mass is 16.6. The molecule has 0 unspecified atom stereocenters. The minimum absolute atomic E-state index is 0.0402. The van der Waals surface area contributed by atoms with Crippen LogP contribution in [0.1, 0.15) is 22.8 Å². The van der Waals surface area contributed by atoms with Gasteiger partial charge in [-0.25, -0.2) is 5.43 Å². The number of hydrazone groups is 1. The number of amides is 1. The van der Waals surface area contributed by atoms with Crippen LogP contribution in [0.5, 0.6) is 5.75 Å². The van der Waals surface area contributed by atoms with Crippen molar-refractivity contribution in [2.75, 3.05) is 6.61 Å². The molecule has 0 atom stereocenters. The molecule has 1 N–H and O–H groups in total. The first-order valence-electron chi connectivity index (χ1n) is 7.45. The Bertz CT molecular complexity index is 831. The fourth-order valence-electron chi connectivity index (χ4n) is 2.03. The van der Waals surface area contributed by atoms with Gasteiger partial charge in [0.2, 0.25) is 0 Å². The molecular weight excluding hydrogens is 322 g/mol. The van der Waals surface area contributed by atoms with Gasteiger partial charge in [0, 0.05) is 17.7 Å². The van der Waals surface area contributed by atoms with E-state index in [0.29, 0.717) is 22.6 Å². The molecule has 0 spiro atoms. The number of carbonyl (C=O) groups is 1. The molecule has 1 amide bonds. The van der Waals surface area contributed by atoms with E-state index >= 15 is 0 Å². The van der Waals surface area contributed by atoms with Crippen molar-refractivity contribution in [1.29, 1.82) is 0 Å². The zero-order valence-electron chi connectivity index (χ0n) is 13.6. The van der Waals surface area contributed by atoms with Crippen LogP contribution in [0.2, 0.25) is 0 Å². The Morgan fingerprint density at radius 1 is 1.32 bits per heavy atom. The third kappa shape index (κ3) is 4.74. The van der Waals surface area contributed by atoms with Crippen molar-refractivity contribution in [3.05, 3.63) is 82.4 Å². The van der Waals surface area contributed by atoms with Gasteiger partial charge in [0.1, 0.15) is 12.4 Å². The third-order valence-electron chi connectivity index (χ3n) is 3.29. The van der Waals surface area contributed by atoms with Crippen molar-refractivity contribution in [2.24, 2.45) is 5.10 Å². The molecular formula is C18H17N3O4. The monoisotopic (exact) mass is 339 g/mol. The van der Waals surface area contributed by atoms with E-state index in [0.717, 1.165) is 0 Å². The van der Waals surface area contributed by atoms with Gasteiger partial charge in [0.05, 0.1) is 16.2 Å². The molecule has 0 saturated heterocycles. The van der Waals surface area contributed by atoms with Crippen molar-refractivity contribution in [3.8, 4) is 5.75 Å². The number of ether oxygens (including phenoxy) is 1. The fourth-order valence-corrected chi connectivity index (χ4v) is 2.03. The lowest BCUT2D eigenvalue weighted by atomic mass is 10.1. The van der Waals surface area contributed by atoms with E-state index in [2.05, 4.69) is 17.1 Å². The maximum atomic E-state index is 12.3. The summed E-state index contributed by atoms with van der Waals surface area (Å²) in [6.45, 7) is 5.50. The molecule has 0 aliphatic carbocycles. The molecule has 128 valence electrons. The summed E-state index contributed by atoms with van der Waals surface area (Å²) in [5, 5.41) is 14.8. The number of carbonyl (C=O) groups excluding carboxylic acids is 1. The first-order valence-corrected chi connectivity index (χ1v) is 7.45. The van der Waals surface area contributed by atoms with Gasteiger partial charge in [-0.3, -0.25) is 14.9 Å². The summed E-state index contributed by atoms with van der Waals surface area (Å²) >= 11 is 0. The number of hydrogen-bond donors (Lipinski definition) is 1. The minimum Gasteiger partial charge on any atom is -0.489 e. The molecule has 0 fully saturated rings. The third-order valence-corrected chi connectivity index (χ3v) is 3.29. The summed E-state index contributed by atoms with van der Waals surface area (Å²) in [6, 6.07) is 12.8. The van der Waals surface area contributed by atoms with Crippen LogP contribution in [0, 0.1) is 10.1 Å². The average molecular weight is 339 g/mol. The Morgan fingerprint density at radius 3 is 2.80 bits per heavy atom. The molecule has 2 aromatic carbocycles. The van der Waals surface area contributed by atoms with Crippen molar-refractivity contribution >= 4 is 17.3 Å². The largest absolute Gasteiger partial charge is 0.489 e. The second-order valence-corrected chi connectivity index (χ2v) is 5.04. The summed E-state index contributed by atoms with van der Waals surface area (Å²) < 4.78 is 5.44. The van der Waals surface area contributed by atoms with Crippen LogP contribution in [0.25, 0.3) is 0 Å². The molecule has 7 heteroatoms. The van der Waals surface area contributed by atoms with E-state index in [1.165, 1.54) is 12.1 Å². The van der Waals surface area contributed by atoms with Crippen LogP contribution in [-0.4, -0.2) is 23.1 Å². The number of non-ortho nitro benzene ring substituents is 1. The average Bonchev–Trinajstić information content (AvgIpc) is 2.64. The summed E-state index contributed by atoms with van der Waals surface area (Å²) in [4.78, 5) is 22.6. The normalized spacial score (nSPS) is 10.8. The number of nitro benzene ring substituents is 1. The molecule has 2 aromatic rings.